The highest BCUT2D eigenvalue weighted by atomic mass is 16.6. The third-order valence-corrected chi connectivity index (χ3v) is 3.09. The Kier molecular flexibility index (Phi) is 3.37. The predicted molar refractivity (Wildman–Crippen MR) is 78.8 cm³/mol. The molecule has 1 unspecified atom stereocenters. The van der Waals surface area contributed by atoms with E-state index in [-0.39, 0.29) is 12.2 Å². The molecule has 0 N–H and O–H groups in total. The largest absolute Gasteiger partial charge is 0.491 e. The van der Waals surface area contributed by atoms with Crippen molar-refractivity contribution in [3.8, 4) is 5.75 Å². The molecule has 0 spiro atoms. The lowest BCUT2D eigenvalue weighted by Gasteiger charge is -2.19. The standard InChI is InChI=1S/C16H19NO4/c1-16(2,3)21-15(18)17-7-6-11-8-12(4-5-14(11)17)19-9-13-10-20-13/h4-8,13H,9-10H2,1-3H3. The fraction of sp³-hybridized carbons (Fsp3) is 0.438. The maximum absolute atomic E-state index is 12.1. The Labute approximate surface area is 123 Å². The molecule has 1 fully saturated rings. The van der Waals surface area contributed by atoms with Crippen molar-refractivity contribution in [1.29, 1.82) is 0 Å². The Bertz CT molecular complexity index is 664. The minimum Gasteiger partial charge on any atom is -0.491 e. The van der Waals surface area contributed by atoms with Crippen LogP contribution >= 0.6 is 0 Å². The van der Waals surface area contributed by atoms with Gasteiger partial charge in [-0.05, 0) is 45.0 Å². The zero-order chi connectivity index (χ0) is 15.0. The number of fused-ring (bicyclic) bond motifs is 1. The molecule has 3 rings (SSSR count). The summed E-state index contributed by atoms with van der Waals surface area (Å²) in [5.41, 5.74) is 0.292. The molecule has 1 aliphatic rings. The molecule has 1 saturated heterocycles. The molecule has 0 aliphatic carbocycles. The number of carbonyl (C=O) groups is 1. The summed E-state index contributed by atoms with van der Waals surface area (Å²) < 4.78 is 17.6. The van der Waals surface area contributed by atoms with Gasteiger partial charge in [0.25, 0.3) is 0 Å². The van der Waals surface area contributed by atoms with E-state index in [0.29, 0.717) is 6.61 Å². The number of hydrogen-bond acceptors (Lipinski definition) is 4. The number of benzene rings is 1. The molecule has 2 aromatic rings. The fourth-order valence-electron chi connectivity index (χ4n) is 2.03. The van der Waals surface area contributed by atoms with Gasteiger partial charge in [-0.25, -0.2) is 4.79 Å². The smallest absolute Gasteiger partial charge is 0.418 e. The number of carbonyl (C=O) groups excluding carboxylic acids is 1. The lowest BCUT2D eigenvalue weighted by atomic mass is 10.2. The van der Waals surface area contributed by atoms with Crippen molar-refractivity contribution in [3.05, 3.63) is 30.5 Å². The van der Waals surface area contributed by atoms with E-state index in [2.05, 4.69) is 0 Å². The van der Waals surface area contributed by atoms with Gasteiger partial charge in [-0.1, -0.05) is 0 Å². The van der Waals surface area contributed by atoms with Crippen LogP contribution in [0.4, 0.5) is 4.79 Å². The molecule has 1 aliphatic heterocycles. The molecule has 5 nitrogen and oxygen atoms in total. The monoisotopic (exact) mass is 289 g/mol. The third-order valence-electron chi connectivity index (χ3n) is 3.09. The van der Waals surface area contributed by atoms with Crippen LogP contribution in [-0.4, -0.2) is 35.6 Å². The average molecular weight is 289 g/mol. The van der Waals surface area contributed by atoms with Crippen molar-refractivity contribution < 1.29 is 19.0 Å². The van der Waals surface area contributed by atoms with E-state index in [1.807, 2.05) is 45.0 Å². The Morgan fingerprint density at radius 3 is 2.81 bits per heavy atom. The molecule has 1 aromatic heterocycles. The number of aromatic nitrogens is 1. The minimum absolute atomic E-state index is 0.229. The fourth-order valence-corrected chi connectivity index (χ4v) is 2.03. The first-order valence-electron chi connectivity index (χ1n) is 7.01. The van der Waals surface area contributed by atoms with Gasteiger partial charge >= 0.3 is 6.09 Å². The van der Waals surface area contributed by atoms with Gasteiger partial charge in [-0.15, -0.1) is 0 Å². The van der Waals surface area contributed by atoms with E-state index >= 15 is 0 Å². The first-order chi connectivity index (χ1) is 9.92. The molecule has 1 atom stereocenters. The van der Waals surface area contributed by atoms with Gasteiger partial charge in [0.2, 0.25) is 0 Å². The highest BCUT2D eigenvalue weighted by molar-refractivity contribution is 5.90. The summed E-state index contributed by atoms with van der Waals surface area (Å²) in [6.07, 6.45) is 1.57. The quantitative estimate of drug-likeness (QED) is 0.814. The van der Waals surface area contributed by atoms with Crippen molar-refractivity contribution in [2.24, 2.45) is 0 Å². The Morgan fingerprint density at radius 2 is 2.14 bits per heavy atom. The first kappa shape index (κ1) is 13.9. The SMILES string of the molecule is CC(C)(C)OC(=O)n1ccc2cc(OCC3CO3)ccc21. The van der Waals surface area contributed by atoms with Crippen LogP contribution in [0.3, 0.4) is 0 Å². The number of nitrogens with zero attached hydrogens (tertiary/aromatic N) is 1. The summed E-state index contributed by atoms with van der Waals surface area (Å²) in [7, 11) is 0. The van der Waals surface area contributed by atoms with E-state index in [4.69, 9.17) is 14.2 Å². The minimum atomic E-state index is -0.513. The molecule has 2 heterocycles. The van der Waals surface area contributed by atoms with Gasteiger partial charge in [0.05, 0.1) is 12.1 Å². The maximum atomic E-state index is 12.1. The molecule has 1 aromatic carbocycles. The Hall–Kier alpha value is -2.01. The molecule has 0 amide bonds. The summed E-state index contributed by atoms with van der Waals surface area (Å²) >= 11 is 0. The predicted octanol–water partition coefficient (Wildman–Crippen LogP) is 3.20. The van der Waals surface area contributed by atoms with Gasteiger partial charge in [0, 0.05) is 11.6 Å². The highest BCUT2D eigenvalue weighted by Crippen LogP contribution is 2.24. The lowest BCUT2D eigenvalue weighted by Crippen LogP contribution is -2.26. The van der Waals surface area contributed by atoms with Crippen LogP contribution in [0.5, 0.6) is 5.75 Å². The Morgan fingerprint density at radius 1 is 1.38 bits per heavy atom. The van der Waals surface area contributed by atoms with Crippen LogP contribution in [0, 0.1) is 0 Å². The van der Waals surface area contributed by atoms with E-state index in [9.17, 15) is 4.79 Å². The zero-order valence-corrected chi connectivity index (χ0v) is 12.5. The van der Waals surface area contributed by atoms with E-state index in [1.54, 1.807) is 6.20 Å². The third kappa shape index (κ3) is 3.36. The van der Waals surface area contributed by atoms with Gasteiger partial charge < -0.3 is 14.2 Å². The second kappa shape index (κ2) is 5.07. The van der Waals surface area contributed by atoms with Crippen LogP contribution in [0.2, 0.25) is 0 Å². The topological polar surface area (TPSA) is 53.0 Å². The highest BCUT2D eigenvalue weighted by Gasteiger charge is 2.23. The van der Waals surface area contributed by atoms with Gasteiger partial charge in [-0.2, -0.15) is 0 Å². The summed E-state index contributed by atoms with van der Waals surface area (Å²) in [5, 5.41) is 0.940. The van der Waals surface area contributed by atoms with Crippen molar-refractivity contribution in [2.45, 2.75) is 32.5 Å². The molecule has 0 radical (unpaired) electrons. The van der Waals surface area contributed by atoms with Crippen molar-refractivity contribution in [1.82, 2.24) is 4.57 Å². The van der Waals surface area contributed by atoms with Crippen LogP contribution < -0.4 is 4.74 Å². The second-order valence-electron chi connectivity index (χ2n) is 6.15. The molecule has 21 heavy (non-hydrogen) atoms. The summed E-state index contributed by atoms with van der Waals surface area (Å²) in [5.74, 6) is 0.778. The normalized spacial score (nSPS) is 17.8. The van der Waals surface area contributed by atoms with Gasteiger partial charge in [0.15, 0.2) is 0 Å². The number of ether oxygens (including phenoxy) is 3. The summed E-state index contributed by atoms with van der Waals surface area (Å²) in [4.78, 5) is 12.1. The molecule has 0 bridgehead atoms. The van der Waals surface area contributed by atoms with Crippen LogP contribution in [0.15, 0.2) is 30.5 Å². The first-order valence-corrected chi connectivity index (χ1v) is 7.01. The van der Waals surface area contributed by atoms with Crippen LogP contribution in [0.25, 0.3) is 10.9 Å². The number of epoxide rings is 1. The number of hydrogen-bond donors (Lipinski definition) is 0. The van der Waals surface area contributed by atoms with Crippen molar-refractivity contribution >= 4 is 17.0 Å². The molecular weight excluding hydrogens is 270 g/mol. The molecule has 5 heteroatoms. The zero-order valence-electron chi connectivity index (χ0n) is 12.5. The van der Waals surface area contributed by atoms with Crippen molar-refractivity contribution in [2.75, 3.05) is 13.2 Å². The van der Waals surface area contributed by atoms with E-state index < -0.39 is 5.60 Å². The Balaban J connectivity index is 1.79. The van der Waals surface area contributed by atoms with Crippen LogP contribution in [0.1, 0.15) is 20.8 Å². The second-order valence-corrected chi connectivity index (χ2v) is 6.15. The van der Waals surface area contributed by atoms with Gasteiger partial charge in [-0.3, -0.25) is 4.57 Å². The molecule has 112 valence electrons. The molecule has 0 saturated carbocycles. The molecular formula is C16H19NO4. The van der Waals surface area contributed by atoms with E-state index in [1.165, 1.54) is 4.57 Å². The lowest BCUT2D eigenvalue weighted by molar-refractivity contribution is 0.0544. The average Bonchev–Trinajstić information content (AvgIpc) is 3.12. The van der Waals surface area contributed by atoms with Gasteiger partial charge in [0.1, 0.15) is 24.1 Å². The maximum Gasteiger partial charge on any atom is 0.418 e. The van der Waals surface area contributed by atoms with Crippen molar-refractivity contribution in [3.63, 3.8) is 0 Å². The van der Waals surface area contributed by atoms with Crippen LogP contribution in [-0.2, 0) is 9.47 Å². The summed E-state index contributed by atoms with van der Waals surface area (Å²) in [6, 6.07) is 7.51. The summed E-state index contributed by atoms with van der Waals surface area (Å²) in [6.45, 7) is 6.89. The van der Waals surface area contributed by atoms with E-state index in [0.717, 1.165) is 23.3 Å². The number of rotatable bonds is 3.